The molecule has 1 fully saturated rings. The van der Waals surface area contributed by atoms with Crippen molar-refractivity contribution in [1.82, 2.24) is 4.98 Å². The minimum Gasteiger partial charge on any atom is -0.490 e. The van der Waals surface area contributed by atoms with Gasteiger partial charge >= 0.3 is 5.97 Å². The van der Waals surface area contributed by atoms with Gasteiger partial charge in [-0.3, -0.25) is 4.98 Å². The molecule has 158 valence electrons. The summed E-state index contributed by atoms with van der Waals surface area (Å²) < 4.78 is 11.0. The molecule has 1 aromatic rings. The number of hydrogen-bond donors (Lipinski definition) is 3. The molecular weight excluding hydrogens is 360 g/mol. The Labute approximate surface area is 167 Å². The molecule has 1 heterocycles. The molecule has 7 heteroatoms. The van der Waals surface area contributed by atoms with E-state index in [-0.39, 0.29) is 12.5 Å². The fourth-order valence-corrected chi connectivity index (χ4v) is 3.67. The van der Waals surface area contributed by atoms with Crippen molar-refractivity contribution in [3.8, 4) is 5.75 Å². The molecule has 0 bridgehead atoms. The van der Waals surface area contributed by atoms with Crippen LogP contribution in [0.1, 0.15) is 63.5 Å². The van der Waals surface area contributed by atoms with Gasteiger partial charge in [0.1, 0.15) is 5.75 Å². The monoisotopic (exact) mass is 394 g/mol. The lowest BCUT2D eigenvalue weighted by atomic mass is 9.86. The first-order valence-corrected chi connectivity index (χ1v) is 10.3. The van der Waals surface area contributed by atoms with Gasteiger partial charge in [-0.15, -0.1) is 0 Å². The van der Waals surface area contributed by atoms with Crippen LogP contribution in [0.15, 0.2) is 18.3 Å². The van der Waals surface area contributed by atoms with Crippen molar-refractivity contribution in [2.24, 2.45) is 5.73 Å². The van der Waals surface area contributed by atoms with Crippen LogP contribution in [0.5, 0.6) is 5.75 Å². The first kappa shape index (κ1) is 22.6. The highest BCUT2D eigenvalue weighted by Gasteiger charge is 2.42. The highest BCUT2D eigenvalue weighted by Crippen LogP contribution is 2.25. The number of aromatic nitrogens is 1. The van der Waals surface area contributed by atoms with E-state index in [0.29, 0.717) is 24.5 Å². The van der Waals surface area contributed by atoms with E-state index in [0.717, 1.165) is 32.1 Å². The number of aliphatic hydroxyl groups is 1. The molecule has 28 heavy (non-hydrogen) atoms. The zero-order chi connectivity index (χ0) is 20.4. The molecule has 0 spiro atoms. The van der Waals surface area contributed by atoms with E-state index in [4.69, 9.17) is 15.2 Å². The molecule has 7 nitrogen and oxygen atoms in total. The number of unbranched alkanes of at least 4 members (excludes halogenated alkanes) is 2. The molecule has 1 saturated carbocycles. The summed E-state index contributed by atoms with van der Waals surface area (Å²) >= 11 is 0. The third-order valence-corrected chi connectivity index (χ3v) is 5.44. The number of nitrogens with zero attached hydrogens (tertiary/aromatic N) is 1. The number of carboxylic acids is 1. The van der Waals surface area contributed by atoms with E-state index in [1.807, 2.05) is 0 Å². The quantitative estimate of drug-likeness (QED) is 0.467. The molecule has 1 aliphatic carbocycles. The average Bonchev–Trinajstić information content (AvgIpc) is 2.68. The summed E-state index contributed by atoms with van der Waals surface area (Å²) in [5.74, 6) is -0.657. The summed E-state index contributed by atoms with van der Waals surface area (Å²) in [6.45, 7) is 0.663. The standard InChI is InChI=1S/C21H34N2O5/c1-27-13-7-3-6-10-19(22)21(26,20(24)25)15-16-14-18(11-12-23-16)28-17-8-4-2-5-9-17/h11-12,14,17,19,26H,2-10,13,15,22H2,1H3,(H,24,25)/t19-,21+/m0/s1. The number of ether oxygens (including phenoxy) is 2. The maximum atomic E-state index is 11.8. The van der Waals surface area contributed by atoms with Crippen LogP contribution in [-0.2, 0) is 16.0 Å². The van der Waals surface area contributed by atoms with Gasteiger partial charge in [0.05, 0.1) is 6.10 Å². The van der Waals surface area contributed by atoms with E-state index >= 15 is 0 Å². The van der Waals surface area contributed by atoms with Crippen molar-refractivity contribution in [3.63, 3.8) is 0 Å². The van der Waals surface area contributed by atoms with Gasteiger partial charge in [0.2, 0.25) is 0 Å². The van der Waals surface area contributed by atoms with Crippen LogP contribution < -0.4 is 10.5 Å². The number of carboxylic acid groups (broad SMARTS) is 1. The zero-order valence-electron chi connectivity index (χ0n) is 16.8. The number of pyridine rings is 1. The summed E-state index contributed by atoms with van der Waals surface area (Å²) in [4.78, 5) is 16.0. The van der Waals surface area contributed by atoms with E-state index in [9.17, 15) is 15.0 Å². The third kappa shape index (κ3) is 6.72. The van der Waals surface area contributed by atoms with E-state index < -0.39 is 17.6 Å². The lowest BCUT2D eigenvalue weighted by Crippen LogP contribution is -2.55. The molecule has 0 aliphatic heterocycles. The lowest BCUT2D eigenvalue weighted by Gasteiger charge is -2.30. The van der Waals surface area contributed by atoms with Crippen molar-refractivity contribution >= 4 is 5.97 Å². The first-order chi connectivity index (χ1) is 13.5. The van der Waals surface area contributed by atoms with E-state index in [2.05, 4.69) is 4.98 Å². The Morgan fingerprint density at radius 2 is 2.07 bits per heavy atom. The van der Waals surface area contributed by atoms with Gasteiger partial charge in [0.15, 0.2) is 5.60 Å². The number of carbonyl (C=O) groups is 1. The van der Waals surface area contributed by atoms with E-state index in [1.54, 1.807) is 25.4 Å². The van der Waals surface area contributed by atoms with Gasteiger partial charge in [-0.25, -0.2) is 4.79 Å². The van der Waals surface area contributed by atoms with Crippen LogP contribution >= 0.6 is 0 Å². The molecule has 0 amide bonds. The van der Waals surface area contributed by atoms with Crippen LogP contribution in [0.4, 0.5) is 0 Å². The second kappa shape index (κ2) is 11.3. The Morgan fingerprint density at radius 1 is 1.32 bits per heavy atom. The van der Waals surface area contributed by atoms with Gasteiger partial charge in [0.25, 0.3) is 0 Å². The Bertz CT molecular complexity index is 606. The Balaban J connectivity index is 1.98. The molecule has 1 aliphatic rings. The number of nitrogens with two attached hydrogens (primary N) is 1. The fraction of sp³-hybridized carbons (Fsp3) is 0.714. The molecule has 1 aromatic heterocycles. The molecule has 4 N–H and O–H groups in total. The summed E-state index contributed by atoms with van der Waals surface area (Å²) in [5.41, 5.74) is 4.49. The Kier molecular flexibility index (Phi) is 9.15. The van der Waals surface area contributed by atoms with Crippen LogP contribution in [0.3, 0.4) is 0 Å². The molecule has 0 unspecified atom stereocenters. The summed E-state index contributed by atoms with van der Waals surface area (Å²) in [6, 6.07) is 2.61. The number of aliphatic carboxylic acids is 1. The van der Waals surface area contributed by atoms with Crippen LogP contribution in [0.2, 0.25) is 0 Å². The normalized spacial score (nSPS) is 18.4. The third-order valence-electron chi connectivity index (χ3n) is 5.44. The second-order valence-electron chi connectivity index (χ2n) is 7.72. The summed E-state index contributed by atoms with van der Waals surface area (Å²) in [6.07, 6.45) is 10.2. The molecule has 0 radical (unpaired) electrons. The highest BCUT2D eigenvalue weighted by atomic mass is 16.5. The van der Waals surface area contributed by atoms with Gasteiger partial charge in [-0.2, -0.15) is 0 Å². The average molecular weight is 395 g/mol. The Hall–Kier alpha value is -1.70. The fourth-order valence-electron chi connectivity index (χ4n) is 3.67. The van der Waals surface area contributed by atoms with Crippen molar-refractivity contribution in [2.75, 3.05) is 13.7 Å². The van der Waals surface area contributed by atoms with Crippen molar-refractivity contribution in [1.29, 1.82) is 0 Å². The van der Waals surface area contributed by atoms with Crippen LogP contribution in [0, 0.1) is 0 Å². The van der Waals surface area contributed by atoms with Crippen molar-refractivity contribution in [2.45, 2.75) is 82.0 Å². The van der Waals surface area contributed by atoms with Gasteiger partial charge in [-0.05, 0) is 44.6 Å². The van der Waals surface area contributed by atoms with Crippen LogP contribution in [-0.4, -0.2) is 52.6 Å². The zero-order valence-corrected chi connectivity index (χ0v) is 16.8. The molecule has 2 atom stereocenters. The minimum absolute atomic E-state index is 0.149. The van der Waals surface area contributed by atoms with Gasteiger partial charge < -0.3 is 25.4 Å². The molecular formula is C21H34N2O5. The summed E-state index contributed by atoms with van der Waals surface area (Å²) in [7, 11) is 1.65. The van der Waals surface area contributed by atoms with Crippen molar-refractivity contribution < 1.29 is 24.5 Å². The Morgan fingerprint density at radius 3 is 2.75 bits per heavy atom. The van der Waals surface area contributed by atoms with Crippen LogP contribution in [0.25, 0.3) is 0 Å². The van der Waals surface area contributed by atoms with Gasteiger partial charge in [-0.1, -0.05) is 19.3 Å². The SMILES string of the molecule is COCCCCC[C@H](N)[C@](O)(Cc1cc(OC2CCCCC2)ccn1)C(=O)O. The maximum absolute atomic E-state index is 11.8. The van der Waals surface area contributed by atoms with E-state index in [1.165, 1.54) is 19.3 Å². The highest BCUT2D eigenvalue weighted by molar-refractivity contribution is 5.78. The van der Waals surface area contributed by atoms with Crippen molar-refractivity contribution in [3.05, 3.63) is 24.0 Å². The summed E-state index contributed by atoms with van der Waals surface area (Å²) in [5, 5.41) is 20.4. The first-order valence-electron chi connectivity index (χ1n) is 10.3. The van der Waals surface area contributed by atoms with Gasteiger partial charge in [0, 0.05) is 44.1 Å². The smallest absolute Gasteiger partial charge is 0.337 e. The lowest BCUT2D eigenvalue weighted by molar-refractivity contribution is -0.161. The predicted molar refractivity (Wildman–Crippen MR) is 106 cm³/mol. The predicted octanol–water partition coefficient (Wildman–Crippen LogP) is 2.69. The second-order valence-corrected chi connectivity index (χ2v) is 7.72. The minimum atomic E-state index is -2.06. The number of methoxy groups -OCH3 is 1. The maximum Gasteiger partial charge on any atom is 0.337 e. The number of rotatable bonds is 12. The largest absolute Gasteiger partial charge is 0.490 e. The number of hydrogen-bond acceptors (Lipinski definition) is 6. The molecule has 0 saturated heterocycles. The molecule has 0 aromatic carbocycles. The topological polar surface area (TPSA) is 115 Å². The molecule has 2 rings (SSSR count).